The van der Waals surface area contributed by atoms with Gasteiger partial charge in [0.15, 0.2) is 0 Å². The summed E-state index contributed by atoms with van der Waals surface area (Å²) in [5.74, 6) is -0.465. The van der Waals surface area contributed by atoms with Gasteiger partial charge in [0.2, 0.25) is 15.9 Å². The molecule has 134 valence electrons. The van der Waals surface area contributed by atoms with Crippen molar-refractivity contribution < 1.29 is 13.2 Å². The van der Waals surface area contributed by atoms with E-state index in [4.69, 9.17) is 11.6 Å². The number of sulfonamides is 1. The first-order chi connectivity index (χ1) is 11.6. The molecule has 0 saturated heterocycles. The van der Waals surface area contributed by atoms with Crippen LogP contribution in [0.1, 0.15) is 23.6 Å². The van der Waals surface area contributed by atoms with Gasteiger partial charge in [0.05, 0.1) is 10.9 Å². The maximum Gasteiger partial charge on any atom is 0.242 e. The van der Waals surface area contributed by atoms with Crippen molar-refractivity contribution in [2.24, 2.45) is 0 Å². The van der Waals surface area contributed by atoms with E-state index in [1.54, 1.807) is 50.2 Å². The topological polar surface area (TPSA) is 75.3 Å². The van der Waals surface area contributed by atoms with Crippen LogP contribution in [0.5, 0.6) is 0 Å². The summed E-state index contributed by atoms with van der Waals surface area (Å²) in [5.41, 5.74) is 2.78. The van der Waals surface area contributed by atoms with E-state index in [1.807, 2.05) is 6.92 Å². The average molecular weight is 381 g/mol. The van der Waals surface area contributed by atoms with Crippen LogP contribution in [0.2, 0.25) is 5.02 Å². The van der Waals surface area contributed by atoms with Crippen molar-refractivity contribution in [3.8, 4) is 0 Å². The fourth-order valence-corrected chi connectivity index (χ4v) is 4.60. The lowest BCUT2D eigenvalue weighted by Crippen LogP contribution is -2.41. The molecule has 0 saturated carbocycles. The minimum Gasteiger partial charge on any atom is -0.325 e. The van der Waals surface area contributed by atoms with E-state index in [1.165, 1.54) is 6.92 Å². The molecule has 0 aliphatic heterocycles. The van der Waals surface area contributed by atoms with Gasteiger partial charge in [-0.1, -0.05) is 35.4 Å². The Kier molecular flexibility index (Phi) is 5.87. The highest BCUT2D eigenvalue weighted by molar-refractivity contribution is 7.89. The third-order valence-electron chi connectivity index (χ3n) is 3.69. The van der Waals surface area contributed by atoms with Crippen LogP contribution in [0.4, 0.5) is 5.69 Å². The molecule has 5 nitrogen and oxygen atoms in total. The molecule has 0 bridgehead atoms. The van der Waals surface area contributed by atoms with Gasteiger partial charge < -0.3 is 5.32 Å². The molecule has 1 atom stereocenters. The van der Waals surface area contributed by atoms with Crippen LogP contribution in [0.25, 0.3) is 0 Å². The molecule has 7 heteroatoms. The molecule has 0 aliphatic rings. The molecule has 1 amide bonds. The maximum absolute atomic E-state index is 12.7. The number of aryl methyl sites for hydroxylation is 3. The molecule has 0 aromatic heterocycles. The van der Waals surface area contributed by atoms with Gasteiger partial charge in [0.25, 0.3) is 0 Å². The van der Waals surface area contributed by atoms with Crippen LogP contribution in [0.3, 0.4) is 0 Å². The highest BCUT2D eigenvalue weighted by atomic mass is 35.5. The van der Waals surface area contributed by atoms with Crippen molar-refractivity contribution in [1.82, 2.24) is 4.72 Å². The summed E-state index contributed by atoms with van der Waals surface area (Å²) in [6.45, 7) is 6.89. The molecule has 0 radical (unpaired) electrons. The highest BCUT2D eigenvalue weighted by Crippen LogP contribution is 2.22. The molecule has 0 aliphatic carbocycles. The van der Waals surface area contributed by atoms with E-state index >= 15 is 0 Å². The van der Waals surface area contributed by atoms with Crippen molar-refractivity contribution in [3.05, 3.63) is 58.1 Å². The number of hydrogen-bond donors (Lipinski definition) is 2. The number of anilines is 1. The van der Waals surface area contributed by atoms with Crippen molar-refractivity contribution in [1.29, 1.82) is 0 Å². The quantitative estimate of drug-likeness (QED) is 0.832. The fraction of sp³-hybridized carbons (Fsp3) is 0.278. The standard InChI is InChI=1S/C18H21ClN2O3S/c1-11-8-12(2)17(13(3)9-11)25(23,24)21-14(4)18(22)20-16-7-5-6-15(19)10-16/h5-10,14,21H,1-4H3,(H,20,22). The molecule has 0 spiro atoms. The fourth-order valence-electron chi connectivity index (χ4n) is 2.75. The molecule has 1 unspecified atom stereocenters. The summed E-state index contributed by atoms with van der Waals surface area (Å²) in [4.78, 5) is 12.5. The normalized spacial score (nSPS) is 12.7. The molecular weight excluding hydrogens is 360 g/mol. The first-order valence-electron chi connectivity index (χ1n) is 7.77. The minimum atomic E-state index is -3.82. The van der Waals surface area contributed by atoms with Crippen LogP contribution in [0.15, 0.2) is 41.3 Å². The van der Waals surface area contributed by atoms with Crippen LogP contribution in [-0.4, -0.2) is 20.4 Å². The zero-order chi connectivity index (χ0) is 18.8. The number of carbonyl (C=O) groups is 1. The summed E-state index contributed by atoms with van der Waals surface area (Å²) in [7, 11) is -3.82. The summed E-state index contributed by atoms with van der Waals surface area (Å²) in [6, 6.07) is 9.33. The summed E-state index contributed by atoms with van der Waals surface area (Å²) in [5, 5.41) is 3.13. The molecule has 2 aromatic carbocycles. The number of rotatable bonds is 5. The first kappa shape index (κ1) is 19.4. The number of carbonyl (C=O) groups excluding carboxylic acids is 1. The second-order valence-corrected chi connectivity index (χ2v) is 8.16. The molecule has 25 heavy (non-hydrogen) atoms. The monoisotopic (exact) mass is 380 g/mol. The second kappa shape index (κ2) is 7.56. The van der Waals surface area contributed by atoms with E-state index in [2.05, 4.69) is 10.0 Å². The van der Waals surface area contributed by atoms with Crippen molar-refractivity contribution in [2.75, 3.05) is 5.32 Å². The first-order valence-corrected chi connectivity index (χ1v) is 9.63. The summed E-state index contributed by atoms with van der Waals surface area (Å²) < 4.78 is 27.8. The predicted octanol–water partition coefficient (Wildman–Crippen LogP) is 3.57. The molecular formula is C18H21ClN2O3S. The molecule has 0 fully saturated rings. The summed E-state index contributed by atoms with van der Waals surface area (Å²) in [6.07, 6.45) is 0. The van der Waals surface area contributed by atoms with Gasteiger partial charge in [-0.25, -0.2) is 8.42 Å². The Morgan fingerprint density at radius 1 is 1.08 bits per heavy atom. The lowest BCUT2D eigenvalue weighted by atomic mass is 10.1. The van der Waals surface area contributed by atoms with Crippen LogP contribution in [0, 0.1) is 20.8 Å². The molecule has 2 N–H and O–H groups in total. The molecule has 2 aromatic rings. The largest absolute Gasteiger partial charge is 0.325 e. The Morgan fingerprint density at radius 3 is 2.24 bits per heavy atom. The Morgan fingerprint density at radius 2 is 1.68 bits per heavy atom. The Balaban J connectivity index is 2.18. The van der Waals surface area contributed by atoms with Crippen LogP contribution in [-0.2, 0) is 14.8 Å². The zero-order valence-electron chi connectivity index (χ0n) is 14.6. The number of amides is 1. The van der Waals surface area contributed by atoms with Gasteiger partial charge in [-0.05, 0) is 57.0 Å². The zero-order valence-corrected chi connectivity index (χ0v) is 16.1. The lowest BCUT2D eigenvalue weighted by molar-refractivity contribution is -0.117. The van der Waals surface area contributed by atoms with Gasteiger partial charge in [-0.3, -0.25) is 4.79 Å². The second-order valence-electron chi connectivity index (χ2n) is 6.07. The Hall–Kier alpha value is -1.89. The maximum atomic E-state index is 12.7. The van der Waals surface area contributed by atoms with E-state index in [0.29, 0.717) is 21.8 Å². The number of hydrogen-bond acceptors (Lipinski definition) is 3. The van der Waals surface area contributed by atoms with E-state index in [-0.39, 0.29) is 4.90 Å². The van der Waals surface area contributed by atoms with Gasteiger partial charge in [-0.15, -0.1) is 0 Å². The van der Waals surface area contributed by atoms with Crippen LogP contribution < -0.4 is 10.0 Å². The van der Waals surface area contributed by atoms with Gasteiger partial charge in [0, 0.05) is 10.7 Å². The predicted molar refractivity (Wildman–Crippen MR) is 101 cm³/mol. The smallest absolute Gasteiger partial charge is 0.242 e. The van der Waals surface area contributed by atoms with Crippen molar-refractivity contribution in [2.45, 2.75) is 38.6 Å². The summed E-state index contributed by atoms with van der Waals surface area (Å²) >= 11 is 5.88. The number of benzene rings is 2. The van der Waals surface area contributed by atoms with Gasteiger partial charge in [-0.2, -0.15) is 4.72 Å². The third-order valence-corrected chi connectivity index (χ3v) is 5.77. The van der Waals surface area contributed by atoms with Gasteiger partial charge >= 0.3 is 0 Å². The van der Waals surface area contributed by atoms with E-state index < -0.39 is 22.0 Å². The number of halogens is 1. The average Bonchev–Trinajstić information content (AvgIpc) is 2.44. The molecule has 0 heterocycles. The van der Waals surface area contributed by atoms with Crippen LogP contribution >= 0.6 is 11.6 Å². The van der Waals surface area contributed by atoms with Crippen molar-refractivity contribution >= 4 is 33.2 Å². The Bertz CT molecular complexity index is 887. The van der Waals surface area contributed by atoms with E-state index in [0.717, 1.165) is 5.56 Å². The van der Waals surface area contributed by atoms with Crippen molar-refractivity contribution in [3.63, 3.8) is 0 Å². The third kappa shape index (κ3) is 4.81. The highest BCUT2D eigenvalue weighted by Gasteiger charge is 2.25. The van der Waals surface area contributed by atoms with E-state index in [9.17, 15) is 13.2 Å². The minimum absolute atomic E-state index is 0.209. The van der Waals surface area contributed by atoms with Gasteiger partial charge in [0.1, 0.15) is 0 Å². The lowest BCUT2D eigenvalue weighted by Gasteiger charge is -2.17. The SMILES string of the molecule is Cc1cc(C)c(S(=O)(=O)NC(C)C(=O)Nc2cccc(Cl)c2)c(C)c1. The number of nitrogens with one attached hydrogen (secondary N) is 2. The molecule has 2 rings (SSSR count). The Labute approximate surface area is 153 Å².